The normalized spacial score (nSPS) is 11.4. The number of hydrogen-bond acceptors (Lipinski definition) is 5. The summed E-state index contributed by atoms with van der Waals surface area (Å²) >= 11 is 0. The maximum Gasteiger partial charge on any atom is 2.00 e. The summed E-state index contributed by atoms with van der Waals surface area (Å²) in [5, 5.41) is 1.96. The minimum Gasteiger partial charge on any atom is -0.328 e. The Kier molecular flexibility index (Phi) is 13.4. The molecule has 4 aromatic heterocycles. The van der Waals surface area contributed by atoms with Crippen LogP contribution in [-0.4, -0.2) is 29.5 Å². The van der Waals surface area contributed by atoms with Crippen molar-refractivity contribution in [3.8, 4) is 28.5 Å². The van der Waals surface area contributed by atoms with Gasteiger partial charge in [-0.3, -0.25) is 0 Å². The van der Waals surface area contributed by atoms with Gasteiger partial charge in [-0.1, -0.05) is 157 Å². The third-order valence-corrected chi connectivity index (χ3v) is 13.2. The van der Waals surface area contributed by atoms with Gasteiger partial charge in [0.25, 0.3) is 0 Å². The summed E-state index contributed by atoms with van der Waals surface area (Å²) < 4.78 is 2.09. The SMILES string of the molecule is [Pd+2].[Pt+2].[c-]1c(-c2ccccn2)cccc1C(c1[c-]c2c(cc1)c1ccc(C(c3[c-]c(-c4ccccn4)ccc3)(c3ccccc3)c3ccccc3)[c-]c1n2-c1ncncn1)(c1ccccc1)c1ccccc1. The quantitative estimate of drug-likeness (QED) is 0.0733. The first-order valence-corrected chi connectivity index (χ1v) is 22.9. The van der Waals surface area contributed by atoms with Crippen molar-refractivity contribution in [3.63, 3.8) is 0 Å². The van der Waals surface area contributed by atoms with E-state index < -0.39 is 10.8 Å². The smallest absolute Gasteiger partial charge is 0.328 e. The number of aromatic nitrogens is 6. The van der Waals surface area contributed by atoms with E-state index in [1.54, 1.807) is 12.7 Å². The number of pyridine rings is 2. The number of fused-ring (bicyclic) bond motifs is 3. The summed E-state index contributed by atoms with van der Waals surface area (Å²) in [5.74, 6) is 0.453. The van der Waals surface area contributed by atoms with Gasteiger partial charge in [0.1, 0.15) is 12.7 Å². The Balaban J connectivity index is 0.00000291. The monoisotopic (exact) mass is 1180 g/mol. The van der Waals surface area contributed by atoms with Gasteiger partial charge in [0, 0.05) is 23.2 Å². The van der Waals surface area contributed by atoms with Crippen LogP contribution in [0, 0.1) is 24.3 Å². The Bertz CT molecular complexity index is 3410. The number of rotatable bonds is 11. The predicted molar refractivity (Wildman–Crippen MR) is 273 cm³/mol. The second kappa shape index (κ2) is 20.3. The van der Waals surface area contributed by atoms with Gasteiger partial charge >= 0.3 is 41.5 Å². The molecule has 12 aromatic rings. The molecule has 0 radical (unpaired) electrons. The molecule has 0 saturated carbocycles. The fourth-order valence-corrected chi connectivity index (χ4v) is 10.2. The minimum atomic E-state index is -0.874. The van der Waals surface area contributed by atoms with Crippen LogP contribution in [0.2, 0.25) is 0 Å². The summed E-state index contributed by atoms with van der Waals surface area (Å²) in [6, 6.07) is 91.9. The van der Waals surface area contributed by atoms with Gasteiger partial charge in [-0.2, -0.15) is 47.2 Å². The largest absolute Gasteiger partial charge is 2.00 e. The molecule has 0 aliphatic rings. The Morgan fingerprint density at radius 2 is 0.704 bits per heavy atom. The Morgan fingerprint density at radius 3 is 1.07 bits per heavy atom. The van der Waals surface area contributed by atoms with E-state index in [1.807, 2.05) is 48.8 Å². The van der Waals surface area contributed by atoms with Crippen LogP contribution in [0.5, 0.6) is 0 Å². The molecule has 71 heavy (non-hydrogen) atoms. The zero-order chi connectivity index (χ0) is 46.0. The van der Waals surface area contributed by atoms with Gasteiger partial charge in [-0.15, -0.1) is 81.9 Å². The molecule has 0 aliphatic heterocycles. The van der Waals surface area contributed by atoms with Gasteiger partial charge in [-0.25, -0.2) is 15.0 Å². The molecule has 0 bridgehead atoms. The third-order valence-electron chi connectivity index (χ3n) is 13.2. The van der Waals surface area contributed by atoms with E-state index in [4.69, 9.17) is 19.9 Å². The average Bonchev–Trinajstić information content (AvgIpc) is 3.76. The molecule has 342 valence electrons. The fourth-order valence-electron chi connectivity index (χ4n) is 10.2. The molecular formula is C63H40N6PdPt. The molecular weight excluding hydrogens is 1140 g/mol. The zero-order valence-electron chi connectivity index (χ0n) is 37.9. The minimum absolute atomic E-state index is 0. The van der Waals surface area contributed by atoms with E-state index in [0.29, 0.717) is 5.95 Å². The molecule has 4 heterocycles. The van der Waals surface area contributed by atoms with E-state index in [1.165, 1.54) is 0 Å². The molecule has 0 N–H and O–H groups in total. The van der Waals surface area contributed by atoms with E-state index in [2.05, 4.69) is 216 Å². The molecule has 0 unspecified atom stereocenters. The second-order valence-electron chi connectivity index (χ2n) is 16.9. The maximum absolute atomic E-state index is 4.82. The average molecular weight is 1180 g/mol. The molecule has 0 aliphatic carbocycles. The third kappa shape index (κ3) is 8.17. The summed E-state index contributed by atoms with van der Waals surface area (Å²) in [7, 11) is 0. The summed E-state index contributed by atoms with van der Waals surface area (Å²) in [6.07, 6.45) is 6.73. The van der Waals surface area contributed by atoms with Crippen LogP contribution in [0.3, 0.4) is 0 Å². The molecule has 12 rings (SSSR count). The Hall–Kier alpha value is -7.78. The van der Waals surface area contributed by atoms with E-state index >= 15 is 0 Å². The van der Waals surface area contributed by atoms with Crippen LogP contribution in [-0.2, 0) is 52.3 Å². The van der Waals surface area contributed by atoms with Crippen molar-refractivity contribution in [3.05, 3.63) is 312 Å². The zero-order valence-corrected chi connectivity index (χ0v) is 41.7. The molecule has 0 spiro atoms. The maximum atomic E-state index is 4.82. The van der Waals surface area contributed by atoms with E-state index in [0.717, 1.165) is 88.8 Å². The van der Waals surface area contributed by atoms with Crippen molar-refractivity contribution >= 4 is 21.8 Å². The van der Waals surface area contributed by atoms with Gasteiger partial charge in [0.15, 0.2) is 0 Å². The molecule has 6 nitrogen and oxygen atoms in total. The Morgan fingerprint density at radius 1 is 0.338 bits per heavy atom. The van der Waals surface area contributed by atoms with Crippen molar-refractivity contribution in [1.29, 1.82) is 0 Å². The first kappa shape index (κ1) is 46.9. The fraction of sp³-hybridized carbons (Fsp3) is 0.0317. The number of hydrogen-bond donors (Lipinski definition) is 0. The summed E-state index contributed by atoms with van der Waals surface area (Å²) in [4.78, 5) is 23.4. The van der Waals surface area contributed by atoms with Crippen LogP contribution in [0.25, 0.3) is 50.3 Å². The van der Waals surface area contributed by atoms with Gasteiger partial charge in [-0.05, 0) is 45.8 Å². The van der Waals surface area contributed by atoms with Crippen molar-refractivity contribution < 1.29 is 41.5 Å². The summed E-state index contributed by atoms with van der Waals surface area (Å²) in [6.45, 7) is 0. The topological polar surface area (TPSA) is 69.4 Å². The molecule has 0 saturated heterocycles. The van der Waals surface area contributed by atoms with Crippen molar-refractivity contribution in [1.82, 2.24) is 29.5 Å². The van der Waals surface area contributed by atoms with Crippen LogP contribution in [0.4, 0.5) is 0 Å². The molecule has 8 aromatic carbocycles. The molecule has 0 atom stereocenters. The summed E-state index contributed by atoms with van der Waals surface area (Å²) in [5.41, 5.74) is 11.4. The first-order valence-electron chi connectivity index (χ1n) is 22.9. The van der Waals surface area contributed by atoms with Crippen LogP contribution >= 0.6 is 0 Å². The van der Waals surface area contributed by atoms with Crippen molar-refractivity contribution in [2.24, 2.45) is 0 Å². The molecule has 0 amide bonds. The molecule has 0 fully saturated rings. The van der Waals surface area contributed by atoms with E-state index in [-0.39, 0.29) is 41.5 Å². The van der Waals surface area contributed by atoms with Crippen molar-refractivity contribution in [2.75, 3.05) is 0 Å². The Labute approximate surface area is 441 Å². The van der Waals surface area contributed by atoms with Gasteiger partial charge in [0.2, 0.25) is 5.95 Å². The number of benzene rings is 8. The van der Waals surface area contributed by atoms with E-state index in [9.17, 15) is 0 Å². The van der Waals surface area contributed by atoms with Crippen LogP contribution in [0.15, 0.2) is 243 Å². The van der Waals surface area contributed by atoms with Gasteiger partial charge < -0.3 is 14.5 Å². The van der Waals surface area contributed by atoms with Crippen LogP contribution < -0.4 is 0 Å². The predicted octanol–water partition coefficient (Wildman–Crippen LogP) is 13.1. The van der Waals surface area contributed by atoms with Crippen LogP contribution in [0.1, 0.15) is 44.5 Å². The van der Waals surface area contributed by atoms with Crippen molar-refractivity contribution in [2.45, 2.75) is 10.8 Å². The molecule has 8 heteroatoms. The first-order chi connectivity index (χ1) is 34.2. The van der Waals surface area contributed by atoms with Gasteiger partial charge in [0.05, 0.1) is 0 Å². The number of nitrogens with zero attached hydrogens (tertiary/aromatic N) is 6. The second-order valence-corrected chi connectivity index (χ2v) is 16.9. The standard InChI is InChI=1S/C63H40N6.Pd.Pt/c1-5-21-47(22-6-1)62(48-23-7-2-8-24-48,51-29-17-19-45(39-51)57-31-13-15-37-65-57)53-33-35-55-56-36-34-54(42-60(56)69(59(55)41-53)61-67-43-64-44-68-61)63(49-25-9-3-10-26-49,50-27-11-4-12-28-50)52-30-18-20-46(40-52)58-32-14-16-38-66-58;;/h1-38,43-44H;;/q-4;2*+2.